The number of thiazole rings is 1. The maximum Gasteiger partial charge on any atom is 0.286 e. The van der Waals surface area contributed by atoms with Gasteiger partial charge in [-0.25, -0.2) is 4.98 Å². The Balaban J connectivity index is 1.64. The first-order valence-corrected chi connectivity index (χ1v) is 9.48. The van der Waals surface area contributed by atoms with Crippen LogP contribution in [-0.4, -0.2) is 38.4 Å². The monoisotopic (exact) mass is 346 g/mol. The number of hydrogen-bond donors (Lipinski definition) is 0. The van der Waals surface area contributed by atoms with Gasteiger partial charge in [-0.1, -0.05) is 0 Å². The van der Waals surface area contributed by atoms with Crippen molar-refractivity contribution in [2.24, 2.45) is 4.99 Å². The molecule has 1 fully saturated rings. The molecule has 0 atom stereocenters. The van der Waals surface area contributed by atoms with E-state index in [1.807, 2.05) is 13.0 Å². The van der Waals surface area contributed by atoms with E-state index in [0.29, 0.717) is 4.91 Å². The second-order valence-electron chi connectivity index (χ2n) is 5.93. The first-order valence-electron chi connectivity index (χ1n) is 7.84. The molecule has 2 aliphatic rings. The van der Waals surface area contributed by atoms with Gasteiger partial charge < -0.3 is 4.90 Å². The molecule has 1 amide bonds. The van der Waals surface area contributed by atoms with E-state index in [0.717, 1.165) is 34.6 Å². The lowest BCUT2D eigenvalue weighted by Crippen LogP contribution is -2.33. The summed E-state index contributed by atoms with van der Waals surface area (Å²) >= 11 is 3.16. The minimum atomic E-state index is -0.128. The fraction of sp³-hybridized carbons (Fsp3) is 0.438. The summed E-state index contributed by atoms with van der Waals surface area (Å²) in [4.78, 5) is 26.2. The molecular weight excluding hydrogens is 328 g/mol. The van der Waals surface area contributed by atoms with E-state index in [2.05, 4.69) is 32.4 Å². The second kappa shape index (κ2) is 5.79. The van der Waals surface area contributed by atoms with E-state index in [9.17, 15) is 4.79 Å². The van der Waals surface area contributed by atoms with Gasteiger partial charge in [-0.3, -0.25) is 9.20 Å². The number of likely N-dealkylation sites (tertiary alicyclic amines) is 1. The topological polar surface area (TPSA) is 50.0 Å². The van der Waals surface area contributed by atoms with Gasteiger partial charge in [-0.15, -0.1) is 11.3 Å². The van der Waals surface area contributed by atoms with Crippen LogP contribution in [0.1, 0.15) is 35.5 Å². The quantitative estimate of drug-likeness (QED) is 0.742. The van der Waals surface area contributed by atoms with Crippen LogP contribution >= 0.6 is 23.1 Å². The van der Waals surface area contributed by atoms with Crippen molar-refractivity contribution in [1.29, 1.82) is 0 Å². The number of hydrogen-bond acceptors (Lipinski definition) is 5. The Morgan fingerprint density at radius 2 is 2.00 bits per heavy atom. The van der Waals surface area contributed by atoms with Crippen LogP contribution in [0.4, 0.5) is 0 Å². The number of nitrogens with zero attached hydrogens (tertiary/aromatic N) is 4. The third kappa shape index (κ3) is 2.72. The van der Waals surface area contributed by atoms with Crippen LogP contribution in [0.2, 0.25) is 0 Å². The molecule has 0 saturated carbocycles. The number of aliphatic imine (C=N–C) groups is 1. The van der Waals surface area contributed by atoms with Crippen molar-refractivity contribution in [3.05, 3.63) is 27.4 Å². The molecule has 7 heteroatoms. The summed E-state index contributed by atoms with van der Waals surface area (Å²) < 4.78 is 2.06. The van der Waals surface area contributed by atoms with Gasteiger partial charge >= 0.3 is 0 Å². The predicted octanol–water partition coefficient (Wildman–Crippen LogP) is 3.47. The molecular formula is C16H18N4OS2. The smallest absolute Gasteiger partial charge is 0.286 e. The lowest BCUT2D eigenvalue weighted by Gasteiger charge is -2.27. The zero-order valence-electron chi connectivity index (χ0n) is 13.2. The summed E-state index contributed by atoms with van der Waals surface area (Å²) in [7, 11) is 0. The first kappa shape index (κ1) is 15.0. The minimum Gasteiger partial charge on any atom is -0.351 e. The molecule has 120 valence electrons. The Morgan fingerprint density at radius 1 is 1.22 bits per heavy atom. The van der Waals surface area contributed by atoms with E-state index in [4.69, 9.17) is 0 Å². The summed E-state index contributed by atoms with van der Waals surface area (Å²) in [6.07, 6.45) is 7.65. The Bertz CT molecular complexity index is 840. The maximum atomic E-state index is 12.3. The van der Waals surface area contributed by atoms with Gasteiger partial charge in [0.25, 0.3) is 5.91 Å². The standard InChI is InChI=1S/C16H18N4OS2/c1-10-9-20-12(11(2)17-16(20)22-10)8-13-14(21)18-15(23-13)19-6-4-3-5-7-19/h8-9H,3-7H2,1-2H3. The van der Waals surface area contributed by atoms with E-state index in [-0.39, 0.29) is 5.91 Å². The number of rotatable bonds is 1. The second-order valence-corrected chi connectivity index (χ2v) is 8.16. The number of carbonyl (C=O) groups excluding carboxylic acids is 1. The normalized spacial score (nSPS) is 20.8. The number of aryl methyl sites for hydroxylation is 2. The number of imidazole rings is 1. The molecule has 0 spiro atoms. The number of amides is 1. The molecule has 0 aliphatic carbocycles. The van der Waals surface area contributed by atoms with Crippen LogP contribution in [-0.2, 0) is 4.79 Å². The summed E-state index contributed by atoms with van der Waals surface area (Å²) in [5.41, 5.74) is 1.93. The lowest BCUT2D eigenvalue weighted by atomic mass is 10.1. The predicted molar refractivity (Wildman–Crippen MR) is 96.0 cm³/mol. The van der Waals surface area contributed by atoms with Gasteiger partial charge in [0.05, 0.1) is 16.3 Å². The van der Waals surface area contributed by atoms with Crippen molar-refractivity contribution in [1.82, 2.24) is 14.3 Å². The molecule has 0 N–H and O–H groups in total. The summed E-state index contributed by atoms with van der Waals surface area (Å²) in [6.45, 7) is 6.06. The highest BCUT2D eigenvalue weighted by molar-refractivity contribution is 8.18. The van der Waals surface area contributed by atoms with Gasteiger partial charge in [0, 0.05) is 24.2 Å². The van der Waals surface area contributed by atoms with Crippen molar-refractivity contribution in [2.45, 2.75) is 33.1 Å². The highest BCUT2D eigenvalue weighted by Crippen LogP contribution is 2.32. The molecule has 1 saturated heterocycles. The Morgan fingerprint density at radius 3 is 2.78 bits per heavy atom. The fourth-order valence-corrected chi connectivity index (χ4v) is 4.82. The van der Waals surface area contributed by atoms with Crippen LogP contribution in [0.5, 0.6) is 0 Å². The number of fused-ring (bicyclic) bond motifs is 1. The highest BCUT2D eigenvalue weighted by Gasteiger charge is 2.27. The first-order chi connectivity index (χ1) is 11.1. The van der Waals surface area contributed by atoms with Gasteiger partial charge in [0.15, 0.2) is 10.1 Å². The van der Waals surface area contributed by atoms with Crippen molar-refractivity contribution in [3.8, 4) is 0 Å². The molecule has 5 nitrogen and oxygen atoms in total. The van der Waals surface area contributed by atoms with Crippen molar-refractivity contribution in [3.63, 3.8) is 0 Å². The summed E-state index contributed by atoms with van der Waals surface area (Å²) in [5, 5.41) is 0.862. The van der Waals surface area contributed by atoms with Crippen LogP contribution in [0.15, 0.2) is 16.1 Å². The van der Waals surface area contributed by atoms with Crippen LogP contribution in [0, 0.1) is 13.8 Å². The highest BCUT2D eigenvalue weighted by atomic mass is 32.2. The third-order valence-electron chi connectivity index (χ3n) is 4.17. The summed E-state index contributed by atoms with van der Waals surface area (Å²) in [6, 6.07) is 0. The lowest BCUT2D eigenvalue weighted by molar-refractivity contribution is -0.113. The summed E-state index contributed by atoms with van der Waals surface area (Å²) in [5.74, 6) is -0.128. The average molecular weight is 346 g/mol. The van der Waals surface area contributed by atoms with E-state index >= 15 is 0 Å². The third-order valence-corrected chi connectivity index (χ3v) is 6.11. The Labute approximate surface area is 143 Å². The number of amidine groups is 1. The molecule has 2 aromatic rings. The molecule has 0 unspecified atom stereocenters. The number of carbonyl (C=O) groups is 1. The molecule has 2 aromatic heterocycles. The fourth-order valence-electron chi connectivity index (χ4n) is 3.00. The number of aromatic nitrogens is 2. The van der Waals surface area contributed by atoms with Crippen molar-refractivity contribution < 1.29 is 4.79 Å². The molecule has 4 rings (SSSR count). The van der Waals surface area contributed by atoms with E-state index < -0.39 is 0 Å². The Hall–Kier alpha value is -1.60. The SMILES string of the molecule is Cc1cn2c(C=C3SC(N4CCCCC4)=NC3=O)c(C)nc2s1. The Kier molecular flexibility index (Phi) is 3.77. The molecule has 23 heavy (non-hydrogen) atoms. The van der Waals surface area contributed by atoms with Gasteiger partial charge in [0.1, 0.15) is 0 Å². The molecule has 4 heterocycles. The molecule has 0 bridgehead atoms. The van der Waals surface area contributed by atoms with Gasteiger partial charge in [-0.2, -0.15) is 4.99 Å². The van der Waals surface area contributed by atoms with Crippen LogP contribution in [0.25, 0.3) is 11.0 Å². The number of thioether (sulfide) groups is 1. The molecule has 0 aromatic carbocycles. The zero-order chi connectivity index (χ0) is 16.0. The van der Waals surface area contributed by atoms with E-state index in [1.165, 1.54) is 35.9 Å². The minimum absolute atomic E-state index is 0.128. The van der Waals surface area contributed by atoms with Gasteiger partial charge in [-0.05, 0) is 50.9 Å². The average Bonchev–Trinajstić information content (AvgIpc) is 3.16. The largest absolute Gasteiger partial charge is 0.351 e. The van der Waals surface area contributed by atoms with E-state index in [1.54, 1.807) is 11.3 Å². The van der Waals surface area contributed by atoms with Crippen LogP contribution < -0.4 is 0 Å². The van der Waals surface area contributed by atoms with Gasteiger partial charge in [0.2, 0.25) is 0 Å². The van der Waals surface area contributed by atoms with Crippen molar-refractivity contribution >= 4 is 45.2 Å². The zero-order valence-corrected chi connectivity index (χ0v) is 14.8. The number of piperidine rings is 1. The maximum absolute atomic E-state index is 12.3. The van der Waals surface area contributed by atoms with Crippen molar-refractivity contribution in [2.75, 3.05) is 13.1 Å². The molecule has 0 radical (unpaired) electrons. The van der Waals surface area contributed by atoms with Crippen LogP contribution in [0.3, 0.4) is 0 Å². The molecule has 2 aliphatic heterocycles.